The minimum Gasteiger partial charge on any atom is -0.353 e. The molecule has 184 valence electrons. The van der Waals surface area contributed by atoms with E-state index in [9.17, 15) is 13.6 Å². The number of H-pyrrole nitrogens is 1. The van der Waals surface area contributed by atoms with E-state index in [0.29, 0.717) is 41.0 Å². The van der Waals surface area contributed by atoms with Gasteiger partial charge in [0.25, 0.3) is 0 Å². The highest BCUT2D eigenvalue weighted by molar-refractivity contribution is 5.91. The molecule has 0 atom stereocenters. The third-order valence-electron chi connectivity index (χ3n) is 6.92. The second-order valence-corrected chi connectivity index (χ2v) is 10.6. The molecular formula is C26H30F2N6O. The van der Waals surface area contributed by atoms with Crippen LogP contribution in [0.5, 0.6) is 0 Å². The van der Waals surface area contributed by atoms with Crippen molar-refractivity contribution in [2.24, 2.45) is 7.05 Å². The van der Waals surface area contributed by atoms with Gasteiger partial charge in [-0.15, -0.1) is 0 Å². The maximum absolute atomic E-state index is 13.9. The van der Waals surface area contributed by atoms with E-state index in [2.05, 4.69) is 35.7 Å². The number of halogens is 2. The zero-order valence-electron chi connectivity index (χ0n) is 20.7. The Morgan fingerprint density at radius 2 is 1.86 bits per heavy atom. The molecule has 1 N–H and O–H groups in total. The Labute approximate surface area is 202 Å². The predicted molar refractivity (Wildman–Crippen MR) is 132 cm³/mol. The average molecular weight is 481 g/mol. The molecular weight excluding hydrogens is 450 g/mol. The number of rotatable bonds is 3. The second-order valence-electron chi connectivity index (χ2n) is 10.6. The first kappa shape index (κ1) is 23.4. The molecule has 4 heterocycles. The fourth-order valence-corrected chi connectivity index (χ4v) is 5.18. The van der Waals surface area contributed by atoms with Crippen molar-refractivity contribution in [1.82, 2.24) is 29.3 Å². The first-order valence-corrected chi connectivity index (χ1v) is 11.9. The van der Waals surface area contributed by atoms with Gasteiger partial charge in [-0.05, 0) is 25.8 Å². The van der Waals surface area contributed by atoms with E-state index in [1.54, 1.807) is 24.5 Å². The molecule has 1 aliphatic rings. The quantitative estimate of drug-likeness (QED) is 0.417. The van der Waals surface area contributed by atoms with Crippen molar-refractivity contribution < 1.29 is 8.78 Å². The van der Waals surface area contributed by atoms with Gasteiger partial charge >= 0.3 is 0 Å². The lowest BCUT2D eigenvalue weighted by atomic mass is 9.88. The van der Waals surface area contributed by atoms with E-state index < -0.39 is 5.92 Å². The average Bonchev–Trinajstić information content (AvgIpc) is 3.36. The number of pyridine rings is 2. The molecule has 4 aromatic rings. The molecule has 0 aromatic carbocycles. The highest BCUT2D eigenvalue weighted by Crippen LogP contribution is 2.42. The number of hydrogen-bond donors (Lipinski definition) is 1. The van der Waals surface area contributed by atoms with Crippen molar-refractivity contribution in [3.63, 3.8) is 0 Å². The van der Waals surface area contributed by atoms with Crippen LogP contribution in [0.1, 0.15) is 63.8 Å². The molecule has 1 aliphatic carbocycles. The molecule has 1 fully saturated rings. The van der Waals surface area contributed by atoms with E-state index in [0.717, 1.165) is 17.0 Å². The Morgan fingerprint density at radius 3 is 2.49 bits per heavy atom. The first-order valence-electron chi connectivity index (χ1n) is 11.9. The predicted octanol–water partition coefficient (Wildman–Crippen LogP) is 5.54. The van der Waals surface area contributed by atoms with Gasteiger partial charge in [-0.25, -0.2) is 13.8 Å². The van der Waals surface area contributed by atoms with Crippen molar-refractivity contribution in [2.45, 2.75) is 70.8 Å². The monoisotopic (exact) mass is 480 g/mol. The van der Waals surface area contributed by atoms with Gasteiger partial charge in [-0.3, -0.25) is 14.5 Å². The van der Waals surface area contributed by atoms with Crippen LogP contribution in [0.4, 0.5) is 8.78 Å². The Balaban J connectivity index is 1.70. The summed E-state index contributed by atoms with van der Waals surface area (Å²) >= 11 is 0. The summed E-state index contributed by atoms with van der Waals surface area (Å²) in [5.41, 5.74) is 3.97. The van der Waals surface area contributed by atoms with Crippen LogP contribution in [0.15, 0.2) is 35.5 Å². The number of fused-ring (bicyclic) bond motifs is 1. The summed E-state index contributed by atoms with van der Waals surface area (Å²) in [6, 6.07) is 3.19. The molecule has 35 heavy (non-hydrogen) atoms. The van der Waals surface area contributed by atoms with Gasteiger partial charge in [0.2, 0.25) is 5.92 Å². The van der Waals surface area contributed by atoms with Crippen LogP contribution < -0.4 is 5.43 Å². The fourth-order valence-electron chi connectivity index (χ4n) is 5.18. The molecule has 0 amide bonds. The molecule has 7 nitrogen and oxygen atoms in total. The molecule has 1 saturated carbocycles. The van der Waals surface area contributed by atoms with Gasteiger partial charge in [0, 0.05) is 55.5 Å². The number of imidazole rings is 1. The number of hydrogen-bond acceptors (Lipinski definition) is 4. The van der Waals surface area contributed by atoms with Gasteiger partial charge < -0.3 is 9.55 Å². The topological polar surface area (TPSA) is 81.4 Å². The van der Waals surface area contributed by atoms with Crippen LogP contribution >= 0.6 is 0 Å². The van der Waals surface area contributed by atoms with E-state index in [1.807, 2.05) is 29.4 Å². The zero-order valence-corrected chi connectivity index (χ0v) is 20.7. The lowest BCUT2D eigenvalue weighted by Gasteiger charge is -2.29. The van der Waals surface area contributed by atoms with Crippen molar-refractivity contribution in [3.8, 4) is 22.9 Å². The van der Waals surface area contributed by atoms with Crippen molar-refractivity contribution in [3.05, 3.63) is 52.2 Å². The highest BCUT2D eigenvalue weighted by atomic mass is 19.3. The molecule has 9 heteroatoms. The SMILES string of the molecule is Cc1c(C(C)(C)C)nn(C2CCC(F)(F)CC2)c1-c1cc(=O)c2c(-c3nccn3C)nccc2[nH]1. The van der Waals surface area contributed by atoms with Gasteiger partial charge in [0.05, 0.1) is 34.0 Å². The number of nitrogens with zero attached hydrogens (tertiary/aromatic N) is 5. The van der Waals surface area contributed by atoms with Crippen LogP contribution in [-0.4, -0.2) is 35.2 Å². The Kier molecular flexibility index (Phi) is 5.41. The minimum absolute atomic E-state index is 0.154. The summed E-state index contributed by atoms with van der Waals surface area (Å²) in [7, 11) is 1.86. The summed E-state index contributed by atoms with van der Waals surface area (Å²) in [4.78, 5) is 25.7. The third-order valence-corrected chi connectivity index (χ3v) is 6.92. The van der Waals surface area contributed by atoms with Gasteiger partial charge in [0.15, 0.2) is 11.3 Å². The summed E-state index contributed by atoms with van der Waals surface area (Å²) in [6.45, 7) is 8.24. The maximum Gasteiger partial charge on any atom is 0.248 e. The largest absolute Gasteiger partial charge is 0.353 e. The Bertz CT molecular complexity index is 1460. The lowest BCUT2D eigenvalue weighted by Crippen LogP contribution is -2.27. The third kappa shape index (κ3) is 4.06. The van der Waals surface area contributed by atoms with E-state index in [4.69, 9.17) is 5.10 Å². The maximum atomic E-state index is 13.9. The standard InChI is InChI=1S/C26H30F2N6O/c1-15-22(34(32-23(15)25(2,3)4)16-6-9-26(27,28)10-7-16)18-14-19(35)20-17(31-18)8-11-29-21(20)24-30-12-13-33(24)5/h8,11-14,16H,6-7,9-10H2,1-5H3,(H,31,35). The lowest BCUT2D eigenvalue weighted by molar-refractivity contribution is -0.0448. The number of aromatic nitrogens is 6. The van der Waals surface area contributed by atoms with E-state index in [1.165, 1.54) is 0 Å². The number of aryl methyl sites for hydroxylation is 1. The molecule has 0 saturated heterocycles. The van der Waals surface area contributed by atoms with Gasteiger partial charge in [-0.2, -0.15) is 5.10 Å². The van der Waals surface area contributed by atoms with Crippen LogP contribution in [0, 0.1) is 6.92 Å². The molecule has 4 aromatic heterocycles. The summed E-state index contributed by atoms with van der Waals surface area (Å²) in [5.74, 6) is -2.02. The highest BCUT2D eigenvalue weighted by Gasteiger charge is 2.38. The molecule has 0 unspecified atom stereocenters. The van der Waals surface area contributed by atoms with Gasteiger partial charge in [-0.1, -0.05) is 20.8 Å². The molecule has 0 radical (unpaired) electrons. The molecule has 0 aliphatic heterocycles. The van der Waals surface area contributed by atoms with Crippen LogP contribution in [0.2, 0.25) is 0 Å². The van der Waals surface area contributed by atoms with Crippen molar-refractivity contribution >= 4 is 10.9 Å². The van der Waals surface area contributed by atoms with Crippen molar-refractivity contribution in [1.29, 1.82) is 0 Å². The molecule has 0 bridgehead atoms. The number of alkyl halides is 2. The van der Waals surface area contributed by atoms with Crippen LogP contribution in [0.25, 0.3) is 33.8 Å². The Hall–Kier alpha value is -3.36. The first-order chi connectivity index (χ1) is 16.5. The van der Waals surface area contributed by atoms with E-state index in [-0.39, 0.29) is 29.7 Å². The summed E-state index contributed by atoms with van der Waals surface area (Å²) in [6.07, 6.45) is 5.50. The number of aromatic amines is 1. The minimum atomic E-state index is -2.63. The smallest absolute Gasteiger partial charge is 0.248 e. The Morgan fingerprint density at radius 1 is 1.14 bits per heavy atom. The number of nitrogens with one attached hydrogen (secondary N) is 1. The van der Waals surface area contributed by atoms with Crippen LogP contribution in [0.3, 0.4) is 0 Å². The van der Waals surface area contributed by atoms with Gasteiger partial charge in [0.1, 0.15) is 5.69 Å². The fraction of sp³-hybridized carbons (Fsp3) is 0.462. The van der Waals surface area contributed by atoms with E-state index >= 15 is 0 Å². The summed E-state index contributed by atoms with van der Waals surface area (Å²) < 4.78 is 31.5. The molecule has 0 spiro atoms. The molecule has 5 rings (SSSR count). The van der Waals surface area contributed by atoms with Crippen LogP contribution in [-0.2, 0) is 12.5 Å². The zero-order chi connectivity index (χ0) is 25.1. The summed E-state index contributed by atoms with van der Waals surface area (Å²) in [5, 5.41) is 5.39. The van der Waals surface area contributed by atoms with Crippen molar-refractivity contribution in [2.75, 3.05) is 0 Å². The second kappa shape index (κ2) is 8.10. The normalized spacial score (nSPS) is 16.8.